The molecule has 5 heteroatoms. The number of nitrogen functional groups attached to an aromatic ring is 1. The number of hydrogen-bond donors (Lipinski definition) is 2. The van der Waals surface area contributed by atoms with Crippen LogP contribution in [0.2, 0.25) is 0 Å². The second-order valence-corrected chi connectivity index (χ2v) is 4.12. The molecule has 0 radical (unpaired) electrons. The fourth-order valence-electron chi connectivity index (χ4n) is 1.60. The Morgan fingerprint density at radius 2 is 2.17 bits per heavy atom. The van der Waals surface area contributed by atoms with Crippen molar-refractivity contribution in [2.24, 2.45) is 0 Å². The molecule has 0 saturated heterocycles. The van der Waals surface area contributed by atoms with E-state index in [1.54, 1.807) is 12.1 Å². The maximum Gasteiger partial charge on any atom is 0.253 e. The summed E-state index contributed by atoms with van der Waals surface area (Å²) >= 11 is 0. The Hall–Kier alpha value is -1.75. The summed E-state index contributed by atoms with van der Waals surface area (Å²) in [5, 5.41) is 2.81. The third-order valence-corrected chi connectivity index (χ3v) is 2.48. The van der Waals surface area contributed by atoms with Gasteiger partial charge in [0.1, 0.15) is 0 Å². The number of carbonyl (C=O) groups excluding carboxylic acids is 1. The molecule has 0 saturated carbocycles. The summed E-state index contributed by atoms with van der Waals surface area (Å²) in [5.74, 6) is -0.134. The Morgan fingerprint density at radius 3 is 2.78 bits per heavy atom. The van der Waals surface area contributed by atoms with Gasteiger partial charge in [-0.25, -0.2) is 0 Å². The minimum absolute atomic E-state index is 0.134. The number of ether oxygens (including phenoxy) is 1. The first-order valence-electron chi connectivity index (χ1n) is 5.99. The molecule has 3 N–H and O–H groups in total. The van der Waals surface area contributed by atoms with Gasteiger partial charge in [0.2, 0.25) is 0 Å². The first-order chi connectivity index (χ1) is 8.56. The highest BCUT2D eigenvalue weighted by Crippen LogP contribution is 2.21. The zero-order chi connectivity index (χ0) is 13.5. The van der Waals surface area contributed by atoms with E-state index >= 15 is 0 Å². The Kier molecular flexibility index (Phi) is 5.45. The maximum atomic E-state index is 12.0. The van der Waals surface area contributed by atoms with Crippen molar-refractivity contribution in [1.29, 1.82) is 0 Å². The standard InChI is InChI=1S/C13H21N3O2/c1-4-18-8-7-15-13(17)11-9-10(14)5-6-12(11)16(2)3/h5-6,9H,4,7-8,14H2,1-3H3,(H,15,17). The van der Waals surface area contributed by atoms with Gasteiger partial charge in [-0.05, 0) is 25.1 Å². The van der Waals surface area contributed by atoms with E-state index in [2.05, 4.69) is 5.32 Å². The summed E-state index contributed by atoms with van der Waals surface area (Å²) in [4.78, 5) is 13.9. The van der Waals surface area contributed by atoms with Gasteiger partial charge < -0.3 is 20.7 Å². The fourth-order valence-corrected chi connectivity index (χ4v) is 1.60. The summed E-state index contributed by atoms with van der Waals surface area (Å²) in [5.41, 5.74) is 7.72. The van der Waals surface area contributed by atoms with E-state index in [4.69, 9.17) is 10.5 Å². The number of carbonyl (C=O) groups is 1. The number of anilines is 2. The molecule has 0 aromatic heterocycles. The van der Waals surface area contributed by atoms with Crippen LogP contribution in [0.5, 0.6) is 0 Å². The number of nitrogens with zero attached hydrogens (tertiary/aromatic N) is 1. The molecule has 1 aromatic rings. The predicted octanol–water partition coefficient (Wildman–Crippen LogP) is 1.10. The van der Waals surface area contributed by atoms with Gasteiger partial charge in [-0.1, -0.05) is 0 Å². The third kappa shape index (κ3) is 3.92. The van der Waals surface area contributed by atoms with Crippen LogP contribution in [0.1, 0.15) is 17.3 Å². The first-order valence-corrected chi connectivity index (χ1v) is 5.99. The number of hydrogen-bond acceptors (Lipinski definition) is 4. The summed E-state index contributed by atoms with van der Waals surface area (Å²) in [6.07, 6.45) is 0. The molecule has 0 fully saturated rings. The van der Waals surface area contributed by atoms with Crippen LogP contribution >= 0.6 is 0 Å². The average Bonchev–Trinajstić information content (AvgIpc) is 2.34. The highest BCUT2D eigenvalue weighted by atomic mass is 16.5. The van der Waals surface area contributed by atoms with E-state index in [0.717, 1.165) is 5.69 Å². The number of nitrogens with two attached hydrogens (primary N) is 1. The molecule has 1 amide bonds. The molecular weight excluding hydrogens is 230 g/mol. The average molecular weight is 251 g/mol. The van der Waals surface area contributed by atoms with Crippen LogP contribution in [-0.2, 0) is 4.74 Å². The van der Waals surface area contributed by atoms with Gasteiger partial charge >= 0.3 is 0 Å². The van der Waals surface area contributed by atoms with Crippen molar-refractivity contribution in [3.8, 4) is 0 Å². The summed E-state index contributed by atoms with van der Waals surface area (Å²) in [7, 11) is 3.78. The van der Waals surface area contributed by atoms with Gasteiger partial charge in [0.15, 0.2) is 0 Å². The van der Waals surface area contributed by atoms with Crippen molar-refractivity contribution in [1.82, 2.24) is 5.32 Å². The molecule has 0 heterocycles. The molecule has 0 unspecified atom stereocenters. The molecule has 5 nitrogen and oxygen atoms in total. The van der Waals surface area contributed by atoms with Gasteiger partial charge in [0.05, 0.1) is 12.2 Å². The molecule has 18 heavy (non-hydrogen) atoms. The van der Waals surface area contributed by atoms with Crippen LogP contribution in [0.15, 0.2) is 18.2 Å². The Bertz CT molecular complexity index is 405. The highest BCUT2D eigenvalue weighted by molar-refractivity contribution is 6.00. The molecule has 1 rings (SSSR count). The Balaban J connectivity index is 2.74. The molecule has 0 atom stereocenters. The highest BCUT2D eigenvalue weighted by Gasteiger charge is 2.12. The molecular formula is C13H21N3O2. The lowest BCUT2D eigenvalue weighted by atomic mass is 10.1. The van der Waals surface area contributed by atoms with Crippen LogP contribution < -0.4 is 16.0 Å². The van der Waals surface area contributed by atoms with Crippen LogP contribution in [0.4, 0.5) is 11.4 Å². The van der Waals surface area contributed by atoms with E-state index in [-0.39, 0.29) is 5.91 Å². The van der Waals surface area contributed by atoms with Gasteiger partial charge in [0.25, 0.3) is 5.91 Å². The normalized spacial score (nSPS) is 10.2. The molecule has 0 aliphatic carbocycles. The van der Waals surface area contributed by atoms with E-state index < -0.39 is 0 Å². The first kappa shape index (κ1) is 14.3. The Labute approximate surface area is 108 Å². The lowest BCUT2D eigenvalue weighted by Gasteiger charge is -2.17. The quantitative estimate of drug-likeness (QED) is 0.587. The van der Waals surface area contributed by atoms with Gasteiger partial charge in [-0.3, -0.25) is 4.79 Å². The molecule has 0 aliphatic heterocycles. The second kappa shape index (κ2) is 6.86. The van der Waals surface area contributed by atoms with Gasteiger partial charge in [0, 0.05) is 38.6 Å². The zero-order valence-electron chi connectivity index (χ0n) is 11.2. The lowest BCUT2D eigenvalue weighted by molar-refractivity contribution is 0.0923. The minimum atomic E-state index is -0.134. The topological polar surface area (TPSA) is 67.6 Å². The SMILES string of the molecule is CCOCCNC(=O)c1cc(N)ccc1N(C)C. The van der Waals surface area contributed by atoms with Crippen LogP contribution in [0.3, 0.4) is 0 Å². The van der Waals surface area contributed by atoms with Crippen molar-refractivity contribution in [2.75, 3.05) is 44.5 Å². The van der Waals surface area contributed by atoms with Crippen molar-refractivity contribution in [2.45, 2.75) is 6.92 Å². The predicted molar refractivity (Wildman–Crippen MR) is 74.0 cm³/mol. The number of rotatable bonds is 6. The molecule has 0 spiro atoms. The summed E-state index contributed by atoms with van der Waals surface area (Å²) in [6, 6.07) is 5.31. The van der Waals surface area contributed by atoms with Gasteiger partial charge in [-0.15, -0.1) is 0 Å². The van der Waals surface area contributed by atoms with Crippen LogP contribution in [-0.4, -0.2) is 39.8 Å². The fraction of sp³-hybridized carbons (Fsp3) is 0.462. The van der Waals surface area contributed by atoms with Crippen LogP contribution in [0, 0.1) is 0 Å². The number of benzene rings is 1. The van der Waals surface area contributed by atoms with E-state index in [1.165, 1.54) is 0 Å². The Morgan fingerprint density at radius 1 is 1.44 bits per heavy atom. The van der Waals surface area contributed by atoms with Gasteiger partial charge in [-0.2, -0.15) is 0 Å². The molecule has 1 aromatic carbocycles. The maximum absolute atomic E-state index is 12.0. The number of amides is 1. The van der Waals surface area contributed by atoms with Crippen LogP contribution in [0.25, 0.3) is 0 Å². The van der Waals surface area contributed by atoms with Crippen molar-refractivity contribution in [3.05, 3.63) is 23.8 Å². The molecule has 0 bridgehead atoms. The monoisotopic (exact) mass is 251 g/mol. The largest absolute Gasteiger partial charge is 0.399 e. The summed E-state index contributed by atoms with van der Waals surface area (Å²) in [6.45, 7) is 3.58. The summed E-state index contributed by atoms with van der Waals surface area (Å²) < 4.78 is 5.17. The van der Waals surface area contributed by atoms with Crippen molar-refractivity contribution >= 4 is 17.3 Å². The third-order valence-electron chi connectivity index (χ3n) is 2.48. The van der Waals surface area contributed by atoms with Crippen molar-refractivity contribution < 1.29 is 9.53 Å². The second-order valence-electron chi connectivity index (χ2n) is 4.12. The minimum Gasteiger partial charge on any atom is -0.399 e. The van der Waals surface area contributed by atoms with E-state index in [1.807, 2.05) is 32.0 Å². The van der Waals surface area contributed by atoms with Crippen molar-refractivity contribution in [3.63, 3.8) is 0 Å². The molecule has 0 aliphatic rings. The zero-order valence-corrected chi connectivity index (χ0v) is 11.2. The van der Waals surface area contributed by atoms with E-state index in [0.29, 0.717) is 31.0 Å². The van der Waals surface area contributed by atoms with E-state index in [9.17, 15) is 4.79 Å². The lowest BCUT2D eigenvalue weighted by Crippen LogP contribution is -2.29. The number of nitrogens with one attached hydrogen (secondary N) is 1. The molecule has 100 valence electrons. The smallest absolute Gasteiger partial charge is 0.253 e.